The third-order valence-corrected chi connectivity index (χ3v) is 4.64. The Kier molecular flexibility index (Phi) is 23.2. The molecule has 0 heterocycles. The summed E-state index contributed by atoms with van der Waals surface area (Å²) in [4.78, 5) is 21.0. The van der Waals surface area contributed by atoms with Crippen LogP contribution in [0.15, 0.2) is 0 Å². The van der Waals surface area contributed by atoms with Gasteiger partial charge in [-0.1, -0.05) is 71.6 Å². The minimum absolute atomic E-state index is 0. The molecule has 0 aliphatic rings. The van der Waals surface area contributed by atoms with E-state index in [1.807, 2.05) is 0 Å². The molecule has 0 aromatic rings. The average Bonchev–Trinajstić information content (AvgIpc) is 2.46. The highest BCUT2D eigenvalue weighted by Gasteiger charge is 2.14. The highest BCUT2D eigenvalue weighted by atomic mass is 35.5. The van der Waals surface area contributed by atoms with Crippen molar-refractivity contribution >= 4 is 36.8 Å². The predicted molar refractivity (Wildman–Crippen MR) is 108 cm³/mol. The standard InChI is InChI=1S/C19H36O4.2ClH/c1-16(2)17(14-15-19(22)23)12-10-8-6-4-3-5-7-9-11-13-18(20)21;;/h16-17H,3-15H2,1-2H3,(H,20,21)(H,22,23);2*1H. The Labute approximate surface area is 166 Å². The van der Waals surface area contributed by atoms with E-state index in [0.717, 1.165) is 32.1 Å². The van der Waals surface area contributed by atoms with E-state index in [1.165, 1.54) is 38.5 Å². The molecule has 0 fully saturated rings. The number of halogens is 2. The number of aliphatic carboxylic acids is 2. The Hall–Kier alpha value is -0.480. The molecular weight excluding hydrogens is 363 g/mol. The van der Waals surface area contributed by atoms with Crippen LogP contribution in [0.2, 0.25) is 0 Å². The first-order valence-corrected chi connectivity index (χ1v) is 9.37. The zero-order valence-corrected chi connectivity index (χ0v) is 17.5. The van der Waals surface area contributed by atoms with Crippen molar-refractivity contribution in [2.45, 2.75) is 97.3 Å². The van der Waals surface area contributed by atoms with E-state index in [1.54, 1.807) is 0 Å². The van der Waals surface area contributed by atoms with Crippen molar-refractivity contribution < 1.29 is 19.8 Å². The van der Waals surface area contributed by atoms with Gasteiger partial charge in [0.05, 0.1) is 0 Å². The highest BCUT2D eigenvalue weighted by molar-refractivity contribution is 5.85. The van der Waals surface area contributed by atoms with Gasteiger partial charge in [0.1, 0.15) is 0 Å². The Bertz CT molecular complexity index is 323. The molecule has 4 nitrogen and oxygen atoms in total. The van der Waals surface area contributed by atoms with Gasteiger partial charge in [-0.2, -0.15) is 0 Å². The molecule has 0 saturated carbocycles. The quantitative estimate of drug-likeness (QED) is 0.296. The molecule has 0 aromatic heterocycles. The Morgan fingerprint density at radius 2 is 1.04 bits per heavy atom. The second-order valence-corrected chi connectivity index (χ2v) is 7.05. The normalized spacial score (nSPS) is 11.5. The summed E-state index contributed by atoms with van der Waals surface area (Å²) >= 11 is 0. The Morgan fingerprint density at radius 1 is 0.640 bits per heavy atom. The van der Waals surface area contributed by atoms with Crippen LogP contribution in [0.25, 0.3) is 0 Å². The molecule has 25 heavy (non-hydrogen) atoms. The summed E-state index contributed by atoms with van der Waals surface area (Å²) in [6, 6.07) is 0. The SMILES string of the molecule is CC(C)C(CCCCCCCCCCCC(=O)O)CCC(=O)O.Cl.Cl. The van der Waals surface area contributed by atoms with Gasteiger partial charge in [-0.15, -0.1) is 24.8 Å². The van der Waals surface area contributed by atoms with Crippen molar-refractivity contribution in [2.75, 3.05) is 0 Å². The van der Waals surface area contributed by atoms with E-state index in [0.29, 0.717) is 24.7 Å². The van der Waals surface area contributed by atoms with Crippen LogP contribution in [-0.2, 0) is 9.59 Å². The fourth-order valence-electron chi connectivity index (χ4n) is 3.04. The number of rotatable bonds is 16. The molecule has 0 bridgehead atoms. The van der Waals surface area contributed by atoms with E-state index in [2.05, 4.69) is 13.8 Å². The van der Waals surface area contributed by atoms with Crippen molar-refractivity contribution in [2.24, 2.45) is 11.8 Å². The van der Waals surface area contributed by atoms with E-state index < -0.39 is 11.9 Å². The third kappa shape index (κ3) is 21.5. The van der Waals surface area contributed by atoms with E-state index in [-0.39, 0.29) is 24.8 Å². The Balaban J connectivity index is -0.00000242. The minimum Gasteiger partial charge on any atom is -0.481 e. The summed E-state index contributed by atoms with van der Waals surface area (Å²) in [5.74, 6) is -0.257. The monoisotopic (exact) mass is 400 g/mol. The molecular formula is C19H38Cl2O4. The molecule has 0 aliphatic heterocycles. The largest absolute Gasteiger partial charge is 0.481 e. The van der Waals surface area contributed by atoms with Crippen molar-refractivity contribution in [1.29, 1.82) is 0 Å². The van der Waals surface area contributed by atoms with Gasteiger partial charge in [0, 0.05) is 12.8 Å². The van der Waals surface area contributed by atoms with E-state index in [4.69, 9.17) is 10.2 Å². The van der Waals surface area contributed by atoms with E-state index >= 15 is 0 Å². The fourth-order valence-corrected chi connectivity index (χ4v) is 3.04. The van der Waals surface area contributed by atoms with Gasteiger partial charge in [-0.05, 0) is 24.7 Å². The summed E-state index contributed by atoms with van der Waals surface area (Å²) in [5.41, 5.74) is 0. The topological polar surface area (TPSA) is 74.6 Å². The molecule has 6 heteroatoms. The van der Waals surface area contributed by atoms with Crippen LogP contribution >= 0.6 is 24.8 Å². The van der Waals surface area contributed by atoms with Crippen LogP contribution in [0.4, 0.5) is 0 Å². The van der Waals surface area contributed by atoms with Crippen LogP contribution in [0.1, 0.15) is 97.3 Å². The number of carboxylic acids is 2. The summed E-state index contributed by atoms with van der Waals surface area (Å²) in [7, 11) is 0. The molecule has 0 radical (unpaired) electrons. The van der Waals surface area contributed by atoms with Crippen LogP contribution in [-0.4, -0.2) is 22.2 Å². The first-order chi connectivity index (χ1) is 10.9. The maximum atomic E-state index is 10.7. The number of unbranched alkanes of at least 4 members (excludes halogenated alkanes) is 8. The zero-order chi connectivity index (χ0) is 17.5. The molecule has 0 aliphatic carbocycles. The summed E-state index contributed by atoms with van der Waals surface area (Å²) in [6.07, 6.45) is 13.0. The van der Waals surface area contributed by atoms with E-state index in [9.17, 15) is 9.59 Å². The molecule has 0 saturated heterocycles. The second-order valence-electron chi connectivity index (χ2n) is 7.05. The molecule has 0 spiro atoms. The fraction of sp³-hybridized carbons (Fsp3) is 0.895. The number of hydrogen-bond donors (Lipinski definition) is 2. The minimum atomic E-state index is -0.687. The Morgan fingerprint density at radius 3 is 1.44 bits per heavy atom. The smallest absolute Gasteiger partial charge is 0.303 e. The lowest BCUT2D eigenvalue weighted by molar-refractivity contribution is -0.138. The highest BCUT2D eigenvalue weighted by Crippen LogP contribution is 2.24. The molecule has 1 unspecified atom stereocenters. The summed E-state index contributed by atoms with van der Waals surface area (Å²) in [5, 5.41) is 17.3. The molecule has 0 aromatic carbocycles. The molecule has 2 N–H and O–H groups in total. The van der Waals surface area contributed by atoms with Crippen molar-refractivity contribution in [3.8, 4) is 0 Å². The molecule has 1 atom stereocenters. The van der Waals surface area contributed by atoms with Gasteiger partial charge in [-0.25, -0.2) is 0 Å². The lowest BCUT2D eigenvalue weighted by atomic mass is 9.86. The van der Waals surface area contributed by atoms with Gasteiger partial charge in [-0.3, -0.25) is 9.59 Å². The van der Waals surface area contributed by atoms with Crippen molar-refractivity contribution in [3.63, 3.8) is 0 Å². The van der Waals surface area contributed by atoms with Gasteiger partial charge in [0.15, 0.2) is 0 Å². The van der Waals surface area contributed by atoms with Crippen LogP contribution in [0.3, 0.4) is 0 Å². The van der Waals surface area contributed by atoms with Gasteiger partial charge in [0.25, 0.3) is 0 Å². The third-order valence-electron chi connectivity index (χ3n) is 4.64. The lowest BCUT2D eigenvalue weighted by Gasteiger charge is -2.19. The number of carbonyl (C=O) groups is 2. The van der Waals surface area contributed by atoms with Crippen LogP contribution in [0.5, 0.6) is 0 Å². The second kappa shape index (κ2) is 19.8. The first kappa shape index (κ1) is 29.3. The van der Waals surface area contributed by atoms with Gasteiger partial charge >= 0.3 is 11.9 Å². The number of hydrogen-bond acceptors (Lipinski definition) is 2. The zero-order valence-electron chi connectivity index (χ0n) is 15.9. The molecule has 0 rings (SSSR count). The maximum absolute atomic E-state index is 10.7. The van der Waals surface area contributed by atoms with Crippen molar-refractivity contribution in [3.05, 3.63) is 0 Å². The van der Waals surface area contributed by atoms with Gasteiger partial charge in [0.2, 0.25) is 0 Å². The van der Waals surface area contributed by atoms with Crippen molar-refractivity contribution in [1.82, 2.24) is 0 Å². The van der Waals surface area contributed by atoms with Gasteiger partial charge < -0.3 is 10.2 Å². The molecule has 152 valence electrons. The van der Waals surface area contributed by atoms with Crippen LogP contribution in [0, 0.1) is 11.8 Å². The lowest BCUT2D eigenvalue weighted by Crippen LogP contribution is -2.11. The first-order valence-electron chi connectivity index (χ1n) is 9.37. The maximum Gasteiger partial charge on any atom is 0.303 e. The summed E-state index contributed by atoms with van der Waals surface area (Å²) in [6.45, 7) is 4.38. The summed E-state index contributed by atoms with van der Waals surface area (Å²) < 4.78 is 0. The predicted octanol–water partition coefficient (Wildman–Crippen LogP) is 6.34. The number of carboxylic acid groups (broad SMARTS) is 2. The average molecular weight is 401 g/mol. The van der Waals surface area contributed by atoms with Crippen LogP contribution < -0.4 is 0 Å². The molecule has 0 amide bonds.